The highest BCUT2D eigenvalue weighted by molar-refractivity contribution is 5.83. The van der Waals surface area contributed by atoms with E-state index in [0.29, 0.717) is 6.54 Å². The van der Waals surface area contributed by atoms with Crippen LogP contribution in [-0.4, -0.2) is 29.6 Å². The molecule has 2 aromatic carbocycles. The average Bonchev–Trinajstić information content (AvgIpc) is 2.38. The lowest BCUT2D eigenvalue weighted by molar-refractivity contribution is -0.131. The van der Waals surface area contributed by atoms with Crippen LogP contribution >= 0.6 is 0 Å². The van der Waals surface area contributed by atoms with Gasteiger partial charge in [0.15, 0.2) is 0 Å². The third kappa shape index (κ3) is 3.93. The van der Waals surface area contributed by atoms with Gasteiger partial charge in [0.2, 0.25) is 0 Å². The Labute approximate surface area is 119 Å². The van der Waals surface area contributed by atoms with E-state index in [-0.39, 0.29) is 0 Å². The van der Waals surface area contributed by atoms with Gasteiger partial charge in [0, 0.05) is 19.2 Å². The van der Waals surface area contributed by atoms with Crippen LogP contribution in [0.1, 0.15) is 11.1 Å². The van der Waals surface area contributed by atoms with Crippen LogP contribution in [0.5, 0.6) is 0 Å². The molecule has 0 atom stereocenters. The molecule has 1 N–H and O–H groups in total. The molecule has 0 saturated carbocycles. The fourth-order valence-electron chi connectivity index (χ4n) is 2.22. The van der Waals surface area contributed by atoms with Crippen LogP contribution < -0.4 is 0 Å². The second-order valence-corrected chi connectivity index (χ2v) is 5.12. The fraction of sp³-hybridized carbons (Fsp3) is 0.235. The zero-order valence-corrected chi connectivity index (χ0v) is 11.8. The zero-order chi connectivity index (χ0) is 14.5. The molecule has 0 aromatic heterocycles. The molecule has 3 heteroatoms. The Morgan fingerprint density at radius 3 is 2.65 bits per heavy atom. The number of nitrogens with zero attached hydrogens (tertiary/aromatic N) is 1. The molecule has 0 amide bonds. The highest BCUT2D eigenvalue weighted by atomic mass is 16.4. The van der Waals surface area contributed by atoms with Crippen molar-refractivity contribution < 1.29 is 9.90 Å². The minimum atomic E-state index is -0.903. The number of carboxylic acid groups (broad SMARTS) is 1. The monoisotopic (exact) mass is 269 g/mol. The zero-order valence-electron chi connectivity index (χ0n) is 11.8. The normalized spacial score (nSPS) is 11.6. The number of aryl methyl sites for hydroxylation is 1. The van der Waals surface area contributed by atoms with Crippen molar-refractivity contribution in [2.24, 2.45) is 0 Å². The first-order chi connectivity index (χ1) is 9.54. The van der Waals surface area contributed by atoms with E-state index in [0.717, 1.165) is 6.54 Å². The van der Waals surface area contributed by atoms with E-state index in [1.54, 1.807) is 6.08 Å². The van der Waals surface area contributed by atoms with E-state index in [9.17, 15) is 4.79 Å². The van der Waals surface area contributed by atoms with Crippen LogP contribution in [-0.2, 0) is 11.3 Å². The molecule has 0 aliphatic heterocycles. The number of likely N-dealkylation sites (N-methyl/N-ethyl adjacent to an activating group) is 1. The molecule has 0 fully saturated rings. The third-order valence-corrected chi connectivity index (χ3v) is 3.19. The van der Waals surface area contributed by atoms with E-state index in [4.69, 9.17) is 5.11 Å². The lowest BCUT2D eigenvalue weighted by Crippen LogP contribution is -2.17. The van der Waals surface area contributed by atoms with Crippen molar-refractivity contribution in [3.05, 3.63) is 59.7 Å². The van der Waals surface area contributed by atoms with Crippen LogP contribution in [0.4, 0.5) is 0 Å². The molecule has 3 nitrogen and oxygen atoms in total. The van der Waals surface area contributed by atoms with Gasteiger partial charge in [-0.2, -0.15) is 0 Å². The highest BCUT2D eigenvalue weighted by Crippen LogP contribution is 2.18. The Kier molecular flexibility index (Phi) is 4.53. The van der Waals surface area contributed by atoms with Gasteiger partial charge >= 0.3 is 5.97 Å². The van der Waals surface area contributed by atoms with E-state index in [1.807, 2.05) is 7.05 Å². The number of hydrogen-bond donors (Lipinski definition) is 1. The molecule has 0 radical (unpaired) electrons. The predicted octanol–water partition coefficient (Wildman–Crippen LogP) is 3.22. The highest BCUT2D eigenvalue weighted by Gasteiger charge is 2.01. The van der Waals surface area contributed by atoms with Crippen molar-refractivity contribution in [3.63, 3.8) is 0 Å². The minimum Gasteiger partial charge on any atom is -0.478 e. The Bertz CT molecular complexity index is 646. The number of carboxylic acids is 1. The van der Waals surface area contributed by atoms with Crippen LogP contribution in [0.15, 0.2) is 48.6 Å². The second kappa shape index (κ2) is 6.35. The van der Waals surface area contributed by atoms with Crippen LogP contribution in [0.25, 0.3) is 10.8 Å². The van der Waals surface area contributed by atoms with Gasteiger partial charge in [-0.05, 0) is 36.4 Å². The predicted molar refractivity (Wildman–Crippen MR) is 81.8 cm³/mol. The molecule has 0 aliphatic rings. The lowest BCUT2D eigenvalue weighted by Gasteiger charge is -2.14. The first-order valence-electron chi connectivity index (χ1n) is 6.62. The molecular formula is C17H19NO2. The number of aliphatic carboxylic acids is 1. The second-order valence-electron chi connectivity index (χ2n) is 5.12. The van der Waals surface area contributed by atoms with Gasteiger partial charge in [0.25, 0.3) is 0 Å². The van der Waals surface area contributed by atoms with Crippen molar-refractivity contribution >= 4 is 16.7 Å². The van der Waals surface area contributed by atoms with Gasteiger partial charge < -0.3 is 5.11 Å². The fourth-order valence-corrected chi connectivity index (χ4v) is 2.22. The maximum absolute atomic E-state index is 10.4. The number of fused-ring (bicyclic) bond motifs is 1. The molecule has 0 spiro atoms. The summed E-state index contributed by atoms with van der Waals surface area (Å²) in [6.45, 7) is 3.52. The Morgan fingerprint density at radius 1 is 1.20 bits per heavy atom. The molecule has 0 saturated heterocycles. The first kappa shape index (κ1) is 14.3. The maximum atomic E-state index is 10.4. The number of carbonyl (C=O) groups is 1. The lowest BCUT2D eigenvalue weighted by atomic mass is 10.0. The molecule has 0 heterocycles. The Morgan fingerprint density at radius 2 is 1.90 bits per heavy atom. The molecule has 0 unspecified atom stereocenters. The van der Waals surface area contributed by atoms with Gasteiger partial charge in [-0.1, -0.05) is 42.0 Å². The van der Waals surface area contributed by atoms with E-state index < -0.39 is 5.97 Å². The van der Waals surface area contributed by atoms with Gasteiger partial charge in [-0.15, -0.1) is 0 Å². The third-order valence-electron chi connectivity index (χ3n) is 3.19. The topological polar surface area (TPSA) is 40.5 Å². The van der Waals surface area contributed by atoms with Crippen molar-refractivity contribution in [1.82, 2.24) is 4.90 Å². The molecular weight excluding hydrogens is 250 g/mol. The molecule has 0 bridgehead atoms. The van der Waals surface area contributed by atoms with E-state index in [1.165, 1.54) is 28.0 Å². The maximum Gasteiger partial charge on any atom is 0.328 e. The standard InChI is InChI=1S/C17H19NO2/c1-13-5-7-16-11-14(6-8-15(16)10-13)12-18(2)9-3-4-17(19)20/h3-8,10-11H,9,12H2,1-2H3,(H,19,20)/b4-3+. The van der Waals surface area contributed by atoms with E-state index in [2.05, 4.69) is 48.2 Å². The van der Waals surface area contributed by atoms with Crippen molar-refractivity contribution in [1.29, 1.82) is 0 Å². The Hall–Kier alpha value is -2.13. The number of benzene rings is 2. The SMILES string of the molecule is Cc1ccc2cc(CN(C)C/C=C/C(=O)O)ccc2c1. The summed E-state index contributed by atoms with van der Waals surface area (Å²) in [5.41, 5.74) is 2.49. The van der Waals surface area contributed by atoms with Gasteiger partial charge in [-0.3, -0.25) is 4.90 Å². The van der Waals surface area contributed by atoms with Gasteiger partial charge in [0.05, 0.1) is 0 Å². The molecule has 0 aliphatic carbocycles. The Balaban J connectivity index is 2.06. The van der Waals surface area contributed by atoms with Crippen LogP contribution in [0.3, 0.4) is 0 Å². The van der Waals surface area contributed by atoms with Crippen molar-refractivity contribution in [2.45, 2.75) is 13.5 Å². The first-order valence-corrected chi connectivity index (χ1v) is 6.62. The molecule has 104 valence electrons. The summed E-state index contributed by atoms with van der Waals surface area (Å²) in [6.07, 6.45) is 2.84. The van der Waals surface area contributed by atoms with Crippen LogP contribution in [0, 0.1) is 6.92 Å². The smallest absolute Gasteiger partial charge is 0.328 e. The summed E-state index contributed by atoms with van der Waals surface area (Å²) in [6, 6.07) is 12.9. The summed E-state index contributed by atoms with van der Waals surface area (Å²) in [5, 5.41) is 11.0. The summed E-state index contributed by atoms with van der Waals surface area (Å²) in [4.78, 5) is 12.5. The van der Waals surface area contributed by atoms with Crippen molar-refractivity contribution in [3.8, 4) is 0 Å². The number of hydrogen-bond acceptors (Lipinski definition) is 2. The summed E-state index contributed by atoms with van der Waals surface area (Å²) >= 11 is 0. The van der Waals surface area contributed by atoms with Crippen molar-refractivity contribution in [2.75, 3.05) is 13.6 Å². The molecule has 2 aromatic rings. The van der Waals surface area contributed by atoms with Crippen LogP contribution in [0.2, 0.25) is 0 Å². The summed E-state index contributed by atoms with van der Waals surface area (Å²) in [7, 11) is 1.98. The van der Waals surface area contributed by atoms with Gasteiger partial charge in [0.1, 0.15) is 0 Å². The summed E-state index contributed by atoms with van der Waals surface area (Å²) in [5.74, 6) is -0.903. The summed E-state index contributed by atoms with van der Waals surface area (Å²) < 4.78 is 0. The molecule has 20 heavy (non-hydrogen) atoms. The quantitative estimate of drug-likeness (QED) is 0.847. The number of rotatable bonds is 5. The largest absolute Gasteiger partial charge is 0.478 e. The average molecular weight is 269 g/mol. The van der Waals surface area contributed by atoms with Gasteiger partial charge in [-0.25, -0.2) is 4.79 Å². The molecule has 2 rings (SSSR count). The van der Waals surface area contributed by atoms with E-state index >= 15 is 0 Å². The minimum absolute atomic E-state index is 0.623.